The Kier molecular flexibility index (Phi) is 9.58. The summed E-state index contributed by atoms with van der Waals surface area (Å²) in [6.07, 6.45) is 2.27. The number of ether oxygens (including phenoxy) is 1. The minimum absolute atomic E-state index is 0.0462. The molecule has 0 radical (unpaired) electrons. The number of nitrogens with one attached hydrogen (secondary N) is 2. The lowest BCUT2D eigenvalue weighted by Gasteiger charge is -2.39. The lowest BCUT2D eigenvalue weighted by atomic mass is 10.0. The highest BCUT2D eigenvalue weighted by atomic mass is 16.5. The van der Waals surface area contributed by atoms with Crippen LogP contribution in [0.25, 0.3) is 0 Å². The molecule has 6 heteroatoms. The predicted octanol–water partition coefficient (Wildman–Crippen LogP) is 2.57. The number of benzene rings is 1. The molecule has 2 rings (SSSR count). The van der Waals surface area contributed by atoms with Crippen LogP contribution in [0.4, 0.5) is 5.69 Å². The third kappa shape index (κ3) is 7.68. The second-order valence-electron chi connectivity index (χ2n) is 8.00. The van der Waals surface area contributed by atoms with Crippen molar-refractivity contribution in [3.8, 4) is 0 Å². The van der Waals surface area contributed by atoms with Gasteiger partial charge in [0.25, 0.3) is 0 Å². The maximum atomic E-state index is 5.47. The molecule has 0 amide bonds. The van der Waals surface area contributed by atoms with Crippen molar-refractivity contribution < 1.29 is 4.74 Å². The zero-order chi connectivity index (χ0) is 20.2. The van der Waals surface area contributed by atoms with Gasteiger partial charge in [0, 0.05) is 51.0 Å². The summed E-state index contributed by atoms with van der Waals surface area (Å²) in [7, 11) is 2.15. The Bertz CT molecular complexity index is 570. The first-order chi connectivity index (χ1) is 13.5. The summed E-state index contributed by atoms with van der Waals surface area (Å²) in [4.78, 5) is 9.63. The summed E-state index contributed by atoms with van der Waals surface area (Å²) in [5, 5.41) is 6.86. The van der Waals surface area contributed by atoms with Crippen LogP contribution in [-0.2, 0) is 4.74 Å². The van der Waals surface area contributed by atoms with Crippen molar-refractivity contribution in [3.05, 3.63) is 30.3 Å². The predicted molar refractivity (Wildman–Crippen MR) is 119 cm³/mol. The summed E-state index contributed by atoms with van der Waals surface area (Å²) in [6, 6.07) is 10.5. The van der Waals surface area contributed by atoms with Gasteiger partial charge in [0.05, 0.1) is 19.8 Å². The van der Waals surface area contributed by atoms with E-state index in [-0.39, 0.29) is 5.54 Å². The van der Waals surface area contributed by atoms with E-state index in [1.807, 2.05) is 0 Å². The highest BCUT2D eigenvalue weighted by Crippen LogP contribution is 2.16. The smallest absolute Gasteiger partial charge is 0.191 e. The van der Waals surface area contributed by atoms with Crippen LogP contribution < -0.4 is 15.5 Å². The molecule has 1 aromatic carbocycles. The van der Waals surface area contributed by atoms with Crippen molar-refractivity contribution in [2.75, 3.05) is 64.4 Å². The van der Waals surface area contributed by atoms with Gasteiger partial charge < -0.3 is 20.3 Å². The first-order valence-electron chi connectivity index (χ1n) is 10.6. The van der Waals surface area contributed by atoms with Crippen molar-refractivity contribution in [2.24, 2.45) is 4.99 Å². The summed E-state index contributed by atoms with van der Waals surface area (Å²) in [6.45, 7) is 13.9. The number of unbranched alkanes of at least 4 members (excludes halogenated alkanes) is 1. The average molecular weight is 390 g/mol. The van der Waals surface area contributed by atoms with E-state index in [9.17, 15) is 0 Å². The molecular weight excluding hydrogens is 350 g/mol. The van der Waals surface area contributed by atoms with Crippen LogP contribution in [0.3, 0.4) is 0 Å². The highest BCUT2D eigenvalue weighted by Gasteiger charge is 2.28. The summed E-state index contributed by atoms with van der Waals surface area (Å²) in [5.41, 5.74) is 1.32. The monoisotopic (exact) mass is 389 g/mol. The Morgan fingerprint density at radius 3 is 2.54 bits per heavy atom. The minimum atomic E-state index is 0.0462. The van der Waals surface area contributed by atoms with Crippen molar-refractivity contribution >= 4 is 11.6 Å². The van der Waals surface area contributed by atoms with E-state index in [0.29, 0.717) is 0 Å². The molecule has 1 saturated heterocycles. The van der Waals surface area contributed by atoms with E-state index < -0.39 is 0 Å². The third-order valence-electron chi connectivity index (χ3n) is 5.25. The van der Waals surface area contributed by atoms with E-state index >= 15 is 0 Å². The van der Waals surface area contributed by atoms with Gasteiger partial charge >= 0.3 is 0 Å². The number of hydrogen-bond acceptors (Lipinski definition) is 4. The molecule has 0 bridgehead atoms. The number of rotatable bonds is 10. The fourth-order valence-electron chi connectivity index (χ4n) is 3.38. The van der Waals surface area contributed by atoms with Crippen LogP contribution in [0.15, 0.2) is 35.3 Å². The Morgan fingerprint density at radius 1 is 1.14 bits per heavy atom. The molecule has 0 aliphatic carbocycles. The number of morpholine rings is 1. The van der Waals surface area contributed by atoms with Gasteiger partial charge in [-0.2, -0.15) is 0 Å². The average Bonchev–Trinajstić information content (AvgIpc) is 2.73. The van der Waals surface area contributed by atoms with E-state index in [1.54, 1.807) is 0 Å². The lowest BCUT2D eigenvalue weighted by Crippen LogP contribution is -2.52. The van der Waals surface area contributed by atoms with Crippen LogP contribution in [0.1, 0.15) is 33.6 Å². The maximum Gasteiger partial charge on any atom is 0.191 e. The number of anilines is 1. The van der Waals surface area contributed by atoms with Crippen LogP contribution in [-0.4, -0.2) is 75.9 Å². The second-order valence-corrected chi connectivity index (χ2v) is 8.00. The Morgan fingerprint density at radius 2 is 1.86 bits per heavy atom. The number of aliphatic imine (C=N–C) groups is 1. The first kappa shape index (κ1) is 22.5. The zero-order valence-corrected chi connectivity index (χ0v) is 18.2. The summed E-state index contributed by atoms with van der Waals surface area (Å²) < 4.78 is 5.47. The summed E-state index contributed by atoms with van der Waals surface area (Å²) in [5.74, 6) is 0.917. The fourth-order valence-corrected chi connectivity index (χ4v) is 3.38. The van der Waals surface area contributed by atoms with E-state index in [1.165, 1.54) is 5.69 Å². The molecule has 1 aliphatic rings. The second kappa shape index (κ2) is 11.9. The van der Waals surface area contributed by atoms with E-state index in [0.717, 1.165) is 71.3 Å². The van der Waals surface area contributed by atoms with Gasteiger partial charge in [-0.3, -0.25) is 9.89 Å². The summed E-state index contributed by atoms with van der Waals surface area (Å²) >= 11 is 0. The Balaban J connectivity index is 1.71. The van der Waals surface area contributed by atoms with Crippen molar-refractivity contribution in [1.29, 1.82) is 0 Å². The van der Waals surface area contributed by atoms with Crippen molar-refractivity contribution in [1.82, 2.24) is 15.5 Å². The van der Waals surface area contributed by atoms with Gasteiger partial charge in [0.2, 0.25) is 0 Å². The van der Waals surface area contributed by atoms with E-state index in [2.05, 4.69) is 78.6 Å². The highest BCUT2D eigenvalue weighted by molar-refractivity contribution is 5.79. The third-order valence-corrected chi connectivity index (χ3v) is 5.25. The molecule has 28 heavy (non-hydrogen) atoms. The number of para-hydroxylation sites is 1. The van der Waals surface area contributed by atoms with Crippen molar-refractivity contribution in [3.63, 3.8) is 0 Å². The maximum absolute atomic E-state index is 5.47. The van der Waals surface area contributed by atoms with Gasteiger partial charge in [0.1, 0.15) is 0 Å². The van der Waals surface area contributed by atoms with Crippen LogP contribution >= 0.6 is 0 Å². The number of guanidine groups is 1. The Hall–Kier alpha value is -1.79. The van der Waals surface area contributed by atoms with E-state index in [4.69, 9.17) is 9.73 Å². The molecule has 0 aromatic heterocycles. The lowest BCUT2D eigenvalue weighted by molar-refractivity contribution is -0.00683. The number of hydrogen-bond donors (Lipinski definition) is 2. The molecular formula is C22H39N5O. The largest absolute Gasteiger partial charge is 0.379 e. The SMILES string of the molecule is CCNC(=NCC(C)(C)N1CCOCC1)NCCCCN(C)c1ccccc1. The molecule has 0 saturated carbocycles. The molecule has 0 atom stereocenters. The van der Waals surface area contributed by atoms with Gasteiger partial charge in [0.15, 0.2) is 5.96 Å². The number of nitrogens with zero attached hydrogens (tertiary/aromatic N) is 3. The zero-order valence-electron chi connectivity index (χ0n) is 18.2. The molecule has 158 valence electrons. The van der Waals surface area contributed by atoms with Crippen LogP contribution in [0, 0.1) is 0 Å². The first-order valence-corrected chi connectivity index (χ1v) is 10.6. The van der Waals surface area contributed by atoms with Gasteiger partial charge in [-0.05, 0) is 45.7 Å². The molecule has 1 fully saturated rings. The van der Waals surface area contributed by atoms with Crippen molar-refractivity contribution in [2.45, 2.75) is 39.2 Å². The molecule has 2 N–H and O–H groups in total. The molecule has 1 aliphatic heterocycles. The standard InChI is InChI=1S/C22H39N5O/c1-5-23-21(25-19-22(2,3)27-15-17-28-18-16-27)24-13-9-10-14-26(4)20-11-7-6-8-12-20/h6-8,11-12H,5,9-10,13-19H2,1-4H3,(H2,23,24,25). The minimum Gasteiger partial charge on any atom is -0.379 e. The normalized spacial score (nSPS) is 16.1. The van der Waals surface area contributed by atoms with Gasteiger partial charge in [-0.15, -0.1) is 0 Å². The molecule has 0 spiro atoms. The Labute approximate surface area is 171 Å². The van der Waals surface area contributed by atoms with Crippen LogP contribution in [0.2, 0.25) is 0 Å². The van der Waals surface area contributed by atoms with Gasteiger partial charge in [-0.1, -0.05) is 18.2 Å². The van der Waals surface area contributed by atoms with Gasteiger partial charge in [-0.25, -0.2) is 0 Å². The fraction of sp³-hybridized carbons (Fsp3) is 0.682. The topological polar surface area (TPSA) is 52.1 Å². The molecule has 0 unspecified atom stereocenters. The quantitative estimate of drug-likeness (QED) is 0.366. The molecule has 1 heterocycles. The van der Waals surface area contributed by atoms with Crippen LogP contribution in [0.5, 0.6) is 0 Å². The molecule has 1 aromatic rings. The molecule has 6 nitrogen and oxygen atoms in total.